The summed E-state index contributed by atoms with van der Waals surface area (Å²) >= 11 is 0. The third kappa shape index (κ3) is 3.99. The Kier molecular flexibility index (Phi) is 5.19. The molecule has 31 heavy (non-hydrogen) atoms. The van der Waals surface area contributed by atoms with Crippen molar-refractivity contribution in [1.82, 2.24) is 0 Å². The minimum atomic E-state index is -0.538. The number of non-ortho nitro benzene ring substituents is 1. The van der Waals surface area contributed by atoms with Crippen LogP contribution in [0.15, 0.2) is 82.0 Å². The highest BCUT2D eigenvalue weighted by molar-refractivity contribution is 6.05. The van der Waals surface area contributed by atoms with Crippen LogP contribution in [0.1, 0.15) is 10.4 Å². The first-order chi connectivity index (χ1) is 15.0. The predicted molar refractivity (Wildman–Crippen MR) is 116 cm³/mol. The van der Waals surface area contributed by atoms with E-state index in [0.29, 0.717) is 28.1 Å². The summed E-state index contributed by atoms with van der Waals surface area (Å²) in [6, 6.07) is 19.1. The van der Waals surface area contributed by atoms with Gasteiger partial charge in [-0.3, -0.25) is 14.9 Å². The molecule has 4 rings (SSSR count). The third-order valence-corrected chi connectivity index (χ3v) is 4.74. The van der Waals surface area contributed by atoms with Crippen LogP contribution in [0.2, 0.25) is 0 Å². The van der Waals surface area contributed by atoms with Crippen molar-refractivity contribution in [2.45, 2.75) is 0 Å². The Morgan fingerprint density at radius 2 is 1.77 bits per heavy atom. The SMILES string of the molecule is COc1ccc(-c2cc3ccccc3oc2=O)cc1NC(=O)c1ccc([N+](=O)[O-])cc1. The second-order valence-electron chi connectivity index (χ2n) is 6.66. The Morgan fingerprint density at radius 1 is 1.03 bits per heavy atom. The van der Waals surface area contributed by atoms with E-state index in [1.807, 2.05) is 12.1 Å². The molecule has 0 unspecified atom stereocenters. The molecule has 0 atom stereocenters. The van der Waals surface area contributed by atoms with Gasteiger partial charge in [0.15, 0.2) is 0 Å². The summed E-state index contributed by atoms with van der Waals surface area (Å²) in [5, 5.41) is 14.3. The lowest BCUT2D eigenvalue weighted by Gasteiger charge is -2.12. The molecule has 0 spiro atoms. The molecule has 154 valence electrons. The van der Waals surface area contributed by atoms with Gasteiger partial charge >= 0.3 is 5.63 Å². The Hall–Kier alpha value is -4.46. The van der Waals surface area contributed by atoms with Crippen molar-refractivity contribution in [3.05, 3.63) is 98.9 Å². The van der Waals surface area contributed by atoms with Gasteiger partial charge in [-0.05, 0) is 42.0 Å². The number of methoxy groups -OCH3 is 1. The molecule has 1 amide bonds. The number of nitro benzene ring substituents is 1. The Balaban J connectivity index is 1.70. The number of hydrogen-bond donors (Lipinski definition) is 1. The highest BCUT2D eigenvalue weighted by Crippen LogP contribution is 2.31. The van der Waals surface area contributed by atoms with Crippen molar-refractivity contribution < 1.29 is 18.9 Å². The number of nitrogens with one attached hydrogen (secondary N) is 1. The van der Waals surface area contributed by atoms with Crippen molar-refractivity contribution in [1.29, 1.82) is 0 Å². The first kappa shape index (κ1) is 19.8. The lowest BCUT2D eigenvalue weighted by atomic mass is 10.0. The largest absolute Gasteiger partial charge is 0.495 e. The summed E-state index contributed by atoms with van der Waals surface area (Å²) < 4.78 is 10.7. The van der Waals surface area contributed by atoms with E-state index in [1.54, 1.807) is 36.4 Å². The maximum atomic E-state index is 12.6. The topological polar surface area (TPSA) is 112 Å². The average molecular weight is 416 g/mol. The number of nitro groups is 1. The van der Waals surface area contributed by atoms with Crippen molar-refractivity contribution in [2.24, 2.45) is 0 Å². The smallest absolute Gasteiger partial charge is 0.344 e. The maximum absolute atomic E-state index is 12.6. The number of anilines is 1. The molecule has 0 bridgehead atoms. The quantitative estimate of drug-likeness (QED) is 0.288. The first-order valence-corrected chi connectivity index (χ1v) is 9.23. The number of para-hydroxylation sites is 1. The predicted octanol–water partition coefficient (Wildman–Crippen LogP) is 4.63. The fourth-order valence-electron chi connectivity index (χ4n) is 3.17. The lowest BCUT2D eigenvalue weighted by Crippen LogP contribution is -2.13. The van der Waals surface area contributed by atoms with Gasteiger partial charge in [0.25, 0.3) is 11.6 Å². The standard InChI is InChI=1S/C23H16N2O6/c1-30-21-11-8-15(18-12-16-4-2-3-5-20(16)31-23(18)27)13-19(21)24-22(26)14-6-9-17(10-7-14)25(28)29/h2-13H,1H3,(H,24,26). The van der Waals surface area contributed by atoms with Crippen LogP contribution < -0.4 is 15.7 Å². The normalized spacial score (nSPS) is 10.6. The Morgan fingerprint density at radius 3 is 2.48 bits per heavy atom. The van der Waals surface area contributed by atoms with Crippen molar-refractivity contribution in [3.63, 3.8) is 0 Å². The molecule has 3 aromatic carbocycles. The molecule has 0 fully saturated rings. The molecule has 0 aliphatic carbocycles. The summed E-state index contributed by atoms with van der Waals surface area (Å²) in [4.78, 5) is 35.4. The number of ether oxygens (including phenoxy) is 1. The lowest BCUT2D eigenvalue weighted by molar-refractivity contribution is -0.384. The number of carbonyl (C=O) groups is 1. The van der Waals surface area contributed by atoms with E-state index in [2.05, 4.69) is 5.32 Å². The van der Waals surface area contributed by atoms with Gasteiger partial charge in [0.2, 0.25) is 0 Å². The van der Waals surface area contributed by atoms with E-state index in [9.17, 15) is 19.7 Å². The number of nitrogens with zero attached hydrogens (tertiary/aromatic N) is 1. The highest BCUT2D eigenvalue weighted by atomic mass is 16.6. The van der Waals surface area contributed by atoms with Crippen LogP contribution in [0.4, 0.5) is 11.4 Å². The zero-order valence-electron chi connectivity index (χ0n) is 16.3. The molecule has 8 nitrogen and oxygen atoms in total. The summed E-state index contributed by atoms with van der Waals surface area (Å²) in [5.74, 6) is -0.0833. The van der Waals surface area contributed by atoms with Crippen LogP contribution in [0.25, 0.3) is 22.1 Å². The molecule has 1 N–H and O–H groups in total. The molecular weight excluding hydrogens is 400 g/mol. The molecular formula is C23H16N2O6. The fraction of sp³-hybridized carbons (Fsp3) is 0.0435. The maximum Gasteiger partial charge on any atom is 0.344 e. The van der Waals surface area contributed by atoms with Crippen LogP contribution in [0, 0.1) is 10.1 Å². The number of hydrogen-bond acceptors (Lipinski definition) is 6. The fourth-order valence-corrected chi connectivity index (χ4v) is 3.17. The van der Waals surface area contributed by atoms with Crippen molar-refractivity contribution in [3.8, 4) is 16.9 Å². The van der Waals surface area contributed by atoms with E-state index >= 15 is 0 Å². The number of carbonyl (C=O) groups excluding carboxylic acids is 1. The minimum Gasteiger partial charge on any atom is -0.495 e. The Labute approximate surface area is 175 Å². The van der Waals surface area contributed by atoms with Gasteiger partial charge in [0.1, 0.15) is 11.3 Å². The summed E-state index contributed by atoms with van der Waals surface area (Å²) in [6.45, 7) is 0. The van der Waals surface area contributed by atoms with Crippen LogP contribution in [0.3, 0.4) is 0 Å². The van der Waals surface area contributed by atoms with Crippen molar-refractivity contribution in [2.75, 3.05) is 12.4 Å². The number of amides is 1. The van der Waals surface area contributed by atoms with Gasteiger partial charge in [-0.15, -0.1) is 0 Å². The monoisotopic (exact) mass is 416 g/mol. The van der Waals surface area contributed by atoms with Gasteiger partial charge in [0, 0.05) is 23.1 Å². The molecule has 1 aromatic heterocycles. The molecule has 4 aromatic rings. The molecule has 0 saturated heterocycles. The summed E-state index contributed by atoms with van der Waals surface area (Å²) in [5.41, 5.74) is 1.33. The van der Waals surface area contributed by atoms with Gasteiger partial charge in [-0.1, -0.05) is 24.3 Å². The van der Waals surface area contributed by atoms with Crippen molar-refractivity contribution >= 4 is 28.3 Å². The van der Waals surface area contributed by atoms with Gasteiger partial charge < -0.3 is 14.5 Å². The zero-order chi connectivity index (χ0) is 22.0. The molecule has 1 heterocycles. The molecule has 8 heteroatoms. The van der Waals surface area contributed by atoms with E-state index < -0.39 is 16.5 Å². The van der Waals surface area contributed by atoms with E-state index in [-0.39, 0.29) is 11.3 Å². The van der Waals surface area contributed by atoms with E-state index in [4.69, 9.17) is 9.15 Å². The molecule has 0 aliphatic heterocycles. The van der Waals surface area contributed by atoms with Crippen LogP contribution in [-0.2, 0) is 0 Å². The molecule has 0 saturated carbocycles. The second kappa shape index (κ2) is 8.11. The van der Waals surface area contributed by atoms with Gasteiger partial charge in [-0.25, -0.2) is 4.79 Å². The first-order valence-electron chi connectivity index (χ1n) is 9.23. The summed E-state index contributed by atoms with van der Waals surface area (Å²) in [6.07, 6.45) is 0. The van der Waals surface area contributed by atoms with E-state index in [1.165, 1.54) is 31.4 Å². The van der Waals surface area contributed by atoms with Crippen LogP contribution >= 0.6 is 0 Å². The zero-order valence-corrected chi connectivity index (χ0v) is 16.3. The van der Waals surface area contributed by atoms with Gasteiger partial charge in [-0.2, -0.15) is 0 Å². The number of rotatable bonds is 5. The van der Waals surface area contributed by atoms with E-state index in [0.717, 1.165) is 5.39 Å². The second-order valence-corrected chi connectivity index (χ2v) is 6.66. The number of benzene rings is 3. The minimum absolute atomic E-state index is 0.112. The third-order valence-electron chi connectivity index (χ3n) is 4.74. The Bertz CT molecular complexity index is 1360. The van der Waals surface area contributed by atoms with Gasteiger partial charge in [0.05, 0.1) is 23.3 Å². The molecule has 0 aliphatic rings. The molecule has 0 radical (unpaired) electrons. The van der Waals surface area contributed by atoms with Crippen LogP contribution in [0.5, 0.6) is 5.75 Å². The van der Waals surface area contributed by atoms with Crippen LogP contribution in [-0.4, -0.2) is 17.9 Å². The average Bonchev–Trinajstić information content (AvgIpc) is 2.78. The summed E-state index contributed by atoms with van der Waals surface area (Å²) in [7, 11) is 1.46. The number of fused-ring (bicyclic) bond motifs is 1. The highest BCUT2D eigenvalue weighted by Gasteiger charge is 2.15.